The summed E-state index contributed by atoms with van der Waals surface area (Å²) in [5.74, 6) is 0.485. The fraction of sp³-hybridized carbons (Fsp3) is 0.0500. The summed E-state index contributed by atoms with van der Waals surface area (Å²) >= 11 is 0. The van der Waals surface area contributed by atoms with Gasteiger partial charge < -0.3 is 9.84 Å². The second-order valence-electron chi connectivity index (χ2n) is 5.16. The Morgan fingerprint density at radius 2 is 1.87 bits per heavy atom. The van der Waals surface area contributed by atoms with Gasteiger partial charge in [-0.05, 0) is 40.6 Å². The van der Waals surface area contributed by atoms with E-state index in [1.54, 1.807) is 25.3 Å². The van der Waals surface area contributed by atoms with Crippen LogP contribution in [0.15, 0.2) is 66.7 Å². The Hall–Kier alpha value is -3.07. The van der Waals surface area contributed by atoms with Gasteiger partial charge in [0.15, 0.2) is 5.78 Å². The van der Waals surface area contributed by atoms with Crippen molar-refractivity contribution >= 4 is 22.6 Å². The van der Waals surface area contributed by atoms with Gasteiger partial charge in [-0.2, -0.15) is 0 Å². The van der Waals surface area contributed by atoms with Crippen LogP contribution in [-0.2, 0) is 0 Å². The minimum Gasteiger partial charge on any atom is -0.507 e. The summed E-state index contributed by atoms with van der Waals surface area (Å²) in [5, 5.41) is 11.7. The molecule has 0 radical (unpaired) electrons. The van der Waals surface area contributed by atoms with E-state index in [0.29, 0.717) is 5.56 Å². The quantitative estimate of drug-likeness (QED) is 0.572. The number of carbonyl (C=O) groups is 1. The first kappa shape index (κ1) is 14.9. The topological polar surface area (TPSA) is 46.5 Å². The molecule has 3 nitrogen and oxygen atoms in total. The molecule has 0 saturated carbocycles. The first-order chi connectivity index (χ1) is 11.2. The Labute approximate surface area is 134 Å². The van der Waals surface area contributed by atoms with Crippen molar-refractivity contribution in [3.63, 3.8) is 0 Å². The molecule has 3 heteroatoms. The number of rotatable bonds is 4. The molecule has 3 aromatic rings. The van der Waals surface area contributed by atoms with Gasteiger partial charge in [-0.25, -0.2) is 0 Å². The van der Waals surface area contributed by atoms with Gasteiger partial charge in [0.2, 0.25) is 0 Å². The van der Waals surface area contributed by atoms with Crippen LogP contribution >= 0.6 is 0 Å². The number of hydrogen-bond acceptors (Lipinski definition) is 3. The van der Waals surface area contributed by atoms with Crippen LogP contribution < -0.4 is 4.74 Å². The number of methoxy groups -OCH3 is 1. The molecular weight excluding hydrogens is 288 g/mol. The Morgan fingerprint density at radius 1 is 1.04 bits per heavy atom. The maximum absolute atomic E-state index is 12.5. The average molecular weight is 304 g/mol. The van der Waals surface area contributed by atoms with Crippen molar-refractivity contribution in [1.82, 2.24) is 0 Å². The van der Waals surface area contributed by atoms with Gasteiger partial charge in [0.25, 0.3) is 0 Å². The van der Waals surface area contributed by atoms with Gasteiger partial charge in [0.1, 0.15) is 11.5 Å². The number of phenols is 1. The highest BCUT2D eigenvalue weighted by Crippen LogP contribution is 2.28. The van der Waals surface area contributed by atoms with Crippen LogP contribution in [0.2, 0.25) is 0 Å². The zero-order chi connectivity index (χ0) is 16.2. The first-order valence-electron chi connectivity index (χ1n) is 7.26. The predicted molar refractivity (Wildman–Crippen MR) is 92.0 cm³/mol. The summed E-state index contributed by atoms with van der Waals surface area (Å²) < 4.78 is 5.16. The number of phenolic OH excluding ortho intramolecular Hbond substituents is 1. The van der Waals surface area contributed by atoms with Crippen LogP contribution in [0.1, 0.15) is 15.9 Å². The summed E-state index contributed by atoms with van der Waals surface area (Å²) in [5.41, 5.74) is 1.18. The molecule has 0 saturated heterocycles. The molecular formula is C20H16O3. The van der Waals surface area contributed by atoms with Gasteiger partial charge in [0, 0.05) is 0 Å². The summed E-state index contributed by atoms with van der Waals surface area (Å²) in [6, 6.07) is 18.3. The third-order valence-corrected chi connectivity index (χ3v) is 3.67. The minimum atomic E-state index is -0.234. The molecule has 0 aliphatic heterocycles. The van der Waals surface area contributed by atoms with Crippen LogP contribution in [0.3, 0.4) is 0 Å². The second kappa shape index (κ2) is 6.36. The molecule has 0 spiro atoms. The van der Waals surface area contributed by atoms with Crippen LogP contribution in [0.25, 0.3) is 16.8 Å². The fourth-order valence-corrected chi connectivity index (χ4v) is 2.52. The Morgan fingerprint density at radius 3 is 2.70 bits per heavy atom. The molecule has 0 atom stereocenters. The number of allylic oxidation sites excluding steroid dienone is 1. The van der Waals surface area contributed by atoms with Crippen molar-refractivity contribution in [2.75, 3.05) is 7.11 Å². The van der Waals surface area contributed by atoms with E-state index < -0.39 is 0 Å². The number of hydrogen-bond donors (Lipinski definition) is 1. The van der Waals surface area contributed by atoms with E-state index in [4.69, 9.17) is 4.74 Å². The minimum absolute atomic E-state index is 0.0102. The van der Waals surface area contributed by atoms with E-state index >= 15 is 0 Å². The lowest BCUT2D eigenvalue weighted by atomic mass is 9.99. The molecule has 0 unspecified atom stereocenters. The number of aromatic hydroxyl groups is 1. The van der Waals surface area contributed by atoms with Gasteiger partial charge in [-0.15, -0.1) is 0 Å². The van der Waals surface area contributed by atoms with Crippen molar-refractivity contribution in [1.29, 1.82) is 0 Å². The standard InChI is InChI=1S/C20H16O3/c1-23-16-7-4-5-14(13-16)9-11-18(21)20-17-8-3-2-6-15(17)10-12-19(20)22/h2-13,22H,1H3/b11-9+. The predicted octanol–water partition coefficient (Wildman–Crippen LogP) is 4.45. The average Bonchev–Trinajstić information content (AvgIpc) is 2.59. The van der Waals surface area contributed by atoms with Crippen LogP contribution in [0, 0.1) is 0 Å². The highest BCUT2D eigenvalue weighted by molar-refractivity contribution is 6.16. The van der Waals surface area contributed by atoms with Gasteiger partial charge in [-0.3, -0.25) is 4.79 Å². The normalized spacial score (nSPS) is 11.0. The highest BCUT2D eigenvalue weighted by Gasteiger charge is 2.12. The van der Waals surface area contributed by atoms with E-state index in [1.807, 2.05) is 48.5 Å². The van der Waals surface area contributed by atoms with E-state index in [9.17, 15) is 9.90 Å². The summed E-state index contributed by atoms with van der Waals surface area (Å²) in [4.78, 5) is 12.5. The van der Waals surface area contributed by atoms with Gasteiger partial charge in [-0.1, -0.05) is 48.5 Å². The number of benzene rings is 3. The number of ketones is 1. The van der Waals surface area contributed by atoms with Crippen molar-refractivity contribution < 1.29 is 14.6 Å². The molecule has 0 amide bonds. The number of fused-ring (bicyclic) bond motifs is 1. The molecule has 0 heterocycles. The zero-order valence-electron chi connectivity index (χ0n) is 12.7. The largest absolute Gasteiger partial charge is 0.507 e. The van der Waals surface area contributed by atoms with Crippen molar-refractivity contribution in [3.05, 3.63) is 77.9 Å². The molecule has 114 valence electrons. The molecule has 0 aromatic heterocycles. The molecule has 3 rings (SSSR count). The Balaban J connectivity index is 1.97. The third-order valence-electron chi connectivity index (χ3n) is 3.67. The van der Waals surface area contributed by atoms with Gasteiger partial charge in [0.05, 0.1) is 12.7 Å². The lowest BCUT2D eigenvalue weighted by Crippen LogP contribution is -1.96. The van der Waals surface area contributed by atoms with Crippen LogP contribution in [0.5, 0.6) is 11.5 Å². The highest BCUT2D eigenvalue weighted by atomic mass is 16.5. The zero-order valence-corrected chi connectivity index (χ0v) is 12.7. The smallest absolute Gasteiger partial charge is 0.190 e. The van der Waals surface area contributed by atoms with Crippen molar-refractivity contribution in [2.45, 2.75) is 0 Å². The lowest BCUT2D eigenvalue weighted by molar-refractivity contribution is 0.104. The van der Waals surface area contributed by atoms with E-state index in [-0.39, 0.29) is 11.5 Å². The molecule has 1 N–H and O–H groups in total. The SMILES string of the molecule is COc1cccc(/C=C/C(=O)c2c(O)ccc3ccccc23)c1. The molecule has 0 aliphatic rings. The summed E-state index contributed by atoms with van der Waals surface area (Å²) in [6.45, 7) is 0. The van der Waals surface area contributed by atoms with E-state index in [1.165, 1.54) is 6.08 Å². The monoisotopic (exact) mass is 304 g/mol. The summed E-state index contributed by atoms with van der Waals surface area (Å²) in [6.07, 6.45) is 3.18. The van der Waals surface area contributed by atoms with E-state index in [2.05, 4.69) is 0 Å². The number of carbonyl (C=O) groups excluding carboxylic acids is 1. The maximum atomic E-state index is 12.5. The van der Waals surface area contributed by atoms with Crippen LogP contribution in [0.4, 0.5) is 0 Å². The summed E-state index contributed by atoms with van der Waals surface area (Å²) in [7, 11) is 1.60. The van der Waals surface area contributed by atoms with Crippen molar-refractivity contribution in [3.8, 4) is 11.5 Å². The second-order valence-corrected chi connectivity index (χ2v) is 5.16. The number of ether oxygens (including phenoxy) is 1. The van der Waals surface area contributed by atoms with E-state index in [0.717, 1.165) is 22.1 Å². The first-order valence-corrected chi connectivity index (χ1v) is 7.26. The molecule has 0 fully saturated rings. The third kappa shape index (κ3) is 3.09. The Kier molecular flexibility index (Phi) is 4.11. The maximum Gasteiger partial charge on any atom is 0.190 e. The van der Waals surface area contributed by atoms with Crippen molar-refractivity contribution in [2.24, 2.45) is 0 Å². The molecule has 0 aliphatic carbocycles. The molecule has 23 heavy (non-hydrogen) atoms. The fourth-order valence-electron chi connectivity index (χ4n) is 2.52. The van der Waals surface area contributed by atoms with Crippen LogP contribution in [-0.4, -0.2) is 18.0 Å². The lowest BCUT2D eigenvalue weighted by Gasteiger charge is -2.06. The molecule has 3 aromatic carbocycles. The van der Waals surface area contributed by atoms with Gasteiger partial charge >= 0.3 is 0 Å². The Bertz CT molecular complexity index is 894. The molecule has 0 bridgehead atoms.